The molecule has 0 saturated carbocycles. The molecule has 0 aliphatic carbocycles. The third-order valence-electron chi connectivity index (χ3n) is 7.43. The summed E-state index contributed by atoms with van der Waals surface area (Å²) in [5.74, 6) is -0.252. The molecular formula is C32H42N2O6. The van der Waals surface area contributed by atoms with E-state index in [1.807, 2.05) is 44.2 Å². The van der Waals surface area contributed by atoms with Gasteiger partial charge in [-0.05, 0) is 44.4 Å². The normalized spacial score (nSPS) is 19.3. The van der Waals surface area contributed by atoms with Crippen molar-refractivity contribution < 1.29 is 28.9 Å². The van der Waals surface area contributed by atoms with Crippen molar-refractivity contribution in [2.45, 2.75) is 52.5 Å². The van der Waals surface area contributed by atoms with Crippen LogP contribution in [-0.4, -0.2) is 79.2 Å². The van der Waals surface area contributed by atoms with Gasteiger partial charge in [-0.3, -0.25) is 14.5 Å². The van der Waals surface area contributed by atoms with Gasteiger partial charge in [0.1, 0.15) is 5.76 Å². The van der Waals surface area contributed by atoms with Crippen LogP contribution in [-0.2, 0) is 14.3 Å². The number of aliphatic hydroxyl groups is 1. The molecule has 2 aliphatic heterocycles. The van der Waals surface area contributed by atoms with Gasteiger partial charge < -0.3 is 24.2 Å². The fourth-order valence-electron chi connectivity index (χ4n) is 5.23. The van der Waals surface area contributed by atoms with Crippen LogP contribution in [0.1, 0.15) is 62.3 Å². The minimum Gasteiger partial charge on any atom is -0.507 e. The summed E-state index contributed by atoms with van der Waals surface area (Å²) in [6.07, 6.45) is 3.83. The van der Waals surface area contributed by atoms with Gasteiger partial charge in [-0.15, -0.1) is 0 Å². The van der Waals surface area contributed by atoms with E-state index in [0.717, 1.165) is 44.5 Å². The molecule has 2 heterocycles. The maximum absolute atomic E-state index is 13.4. The Bertz CT molecular complexity index is 1190. The number of carbonyl (C=O) groups is 2. The summed E-state index contributed by atoms with van der Waals surface area (Å²) >= 11 is 0. The molecule has 1 unspecified atom stereocenters. The number of aliphatic hydroxyl groups excluding tert-OH is 1. The smallest absolute Gasteiger partial charge is 0.295 e. The molecule has 0 aromatic heterocycles. The number of aryl methyl sites for hydroxylation is 1. The van der Waals surface area contributed by atoms with E-state index in [4.69, 9.17) is 14.2 Å². The molecule has 1 N–H and O–H groups in total. The largest absolute Gasteiger partial charge is 0.507 e. The predicted octanol–water partition coefficient (Wildman–Crippen LogP) is 5.11. The van der Waals surface area contributed by atoms with Crippen LogP contribution in [0.25, 0.3) is 5.76 Å². The van der Waals surface area contributed by atoms with Crippen LogP contribution in [0.15, 0.2) is 48.0 Å². The molecule has 2 aliphatic rings. The summed E-state index contributed by atoms with van der Waals surface area (Å²) in [5, 5.41) is 11.4. The van der Waals surface area contributed by atoms with Crippen LogP contribution in [0.5, 0.6) is 11.5 Å². The summed E-state index contributed by atoms with van der Waals surface area (Å²) in [6, 6.07) is 12.1. The second-order valence-electron chi connectivity index (χ2n) is 10.4. The van der Waals surface area contributed by atoms with E-state index in [2.05, 4.69) is 11.8 Å². The molecule has 2 fully saturated rings. The lowest BCUT2D eigenvalue weighted by Crippen LogP contribution is -2.39. The van der Waals surface area contributed by atoms with Crippen LogP contribution in [0.4, 0.5) is 0 Å². The average molecular weight is 551 g/mol. The van der Waals surface area contributed by atoms with Crippen LogP contribution in [0.2, 0.25) is 0 Å². The first kappa shape index (κ1) is 29.6. The first-order valence-electron chi connectivity index (χ1n) is 14.5. The number of ether oxygens (including phenoxy) is 3. The second-order valence-corrected chi connectivity index (χ2v) is 10.4. The Kier molecular flexibility index (Phi) is 10.6. The van der Waals surface area contributed by atoms with Gasteiger partial charge in [0.2, 0.25) is 0 Å². The molecule has 8 nitrogen and oxygen atoms in total. The molecule has 8 heteroatoms. The zero-order valence-corrected chi connectivity index (χ0v) is 24.0. The van der Waals surface area contributed by atoms with E-state index in [1.165, 1.54) is 0 Å². The molecular weight excluding hydrogens is 508 g/mol. The topological polar surface area (TPSA) is 88.5 Å². The van der Waals surface area contributed by atoms with Crippen LogP contribution in [0.3, 0.4) is 0 Å². The Labute approximate surface area is 237 Å². The number of carbonyl (C=O) groups excluding carboxylic acids is 2. The quantitative estimate of drug-likeness (QED) is 0.161. The van der Waals surface area contributed by atoms with Gasteiger partial charge in [0.05, 0.1) is 38.0 Å². The summed E-state index contributed by atoms with van der Waals surface area (Å²) in [7, 11) is 0. The molecule has 0 bridgehead atoms. The van der Waals surface area contributed by atoms with Crippen LogP contribution < -0.4 is 9.47 Å². The Morgan fingerprint density at radius 1 is 0.950 bits per heavy atom. The summed E-state index contributed by atoms with van der Waals surface area (Å²) in [6.45, 7) is 11.3. The van der Waals surface area contributed by atoms with Crippen LogP contribution >= 0.6 is 0 Å². The summed E-state index contributed by atoms with van der Waals surface area (Å²) < 4.78 is 17.4. The van der Waals surface area contributed by atoms with Gasteiger partial charge in [0.15, 0.2) is 11.5 Å². The molecule has 0 radical (unpaired) electrons. The van der Waals surface area contributed by atoms with Crippen molar-refractivity contribution in [3.8, 4) is 11.5 Å². The van der Waals surface area contributed by atoms with Gasteiger partial charge in [0, 0.05) is 31.7 Å². The zero-order chi connectivity index (χ0) is 28.5. The first-order valence-corrected chi connectivity index (χ1v) is 14.5. The third kappa shape index (κ3) is 7.04. The number of amides is 1. The van der Waals surface area contributed by atoms with Crippen molar-refractivity contribution in [3.63, 3.8) is 0 Å². The number of morpholine rings is 1. The van der Waals surface area contributed by atoms with Crippen molar-refractivity contribution >= 4 is 17.4 Å². The van der Waals surface area contributed by atoms with Crippen molar-refractivity contribution in [1.29, 1.82) is 0 Å². The second kappa shape index (κ2) is 14.3. The van der Waals surface area contributed by atoms with E-state index in [9.17, 15) is 14.7 Å². The van der Waals surface area contributed by atoms with Crippen molar-refractivity contribution in [2.24, 2.45) is 0 Å². The molecule has 4 rings (SSSR count). The lowest BCUT2D eigenvalue weighted by Gasteiger charge is -2.29. The number of unbranched alkanes of at least 4 members (excludes halogenated alkanes) is 2. The highest BCUT2D eigenvalue weighted by Gasteiger charge is 2.46. The minimum atomic E-state index is -0.737. The lowest BCUT2D eigenvalue weighted by molar-refractivity contribution is -0.140. The van der Waals surface area contributed by atoms with Crippen molar-refractivity contribution in [3.05, 3.63) is 64.7 Å². The maximum atomic E-state index is 13.4. The SMILES string of the molecule is CCCCCOc1ccc(C2C(=C(O)c3ccc(C)cc3)C(=O)C(=O)N2CCCN2CCOCC2)cc1OCC. The minimum absolute atomic E-state index is 0.0966. The van der Waals surface area contributed by atoms with E-state index < -0.39 is 17.7 Å². The highest BCUT2D eigenvalue weighted by Crippen LogP contribution is 2.42. The van der Waals surface area contributed by atoms with E-state index in [-0.39, 0.29) is 11.3 Å². The van der Waals surface area contributed by atoms with E-state index >= 15 is 0 Å². The third-order valence-corrected chi connectivity index (χ3v) is 7.43. The number of hydrogen-bond donors (Lipinski definition) is 1. The maximum Gasteiger partial charge on any atom is 0.295 e. The fourth-order valence-corrected chi connectivity index (χ4v) is 5.23. The molecule has 1 atom stereocenters. The highest BCUT2D eigenvalue weighted by molar-refractivity contribution is 6.46. The molecule has 1 amide bonds. The van der Waals surface area contributed by atoms with Crippen molar-refractivity contribution in [2.75, 3.05) is 52.6 Å². The number of hydrogen-bond acceptors (Lipinski definition) is 7. The van der Waals surface area contributed by atoms with Crippen LogP contribution in [0, 0.1) is 6.92 Å². The van der Waals surface area contributed by atoms with Gasteiger partial charge in [0.25, 0.3) is 11.7 Å². The Morgan fingerprint density at radius 2 is 1.70 bits per heavy atom. The first-order chi connectivity index (χ1) is 19.4. The average Bonchev–Trinajstić information content (AvgIpc) is 3.22. The van der Waals surface area contributed by atoms with Crippen molar-refractivity contribution in [1.82, 2.24) is 9.80 Å². The Morgan fingerprint density at radius 3 is 2.40 bits per heavy atom. The van der Waals surface area contributed by atoms with E-state index in [1.54, 1.807) is 17.0 Å². The number of likely N-dealkylation sites (tertiary alicyclic amines) is 1. The monoisotopic (exact) mass is 550 g/mol. The number of nitrogens with zero attached hydrogens (tertiary/aromatic N) is 2. The Balaban J connectivity index is 1.68. The van der Waals surface area contributed by atoms with Gasteiger partial charge in [-0.1, -0.05) is 55.7 Å². The Hall–Kier alpha value is -3.36. The molecule has 2 saturated heterocycles. The van der Waals surface area contributed by atoms with Gasteiger partial charge in [-0.2, -0.15) is 0 Å². The zero-order valence-electron chi connectivity index (χ0n) is 24.0. The van der Waals surface area contributed by atoms with E-state index in [0.29, 0.717) is 62.0 Å². The number of ketones is 1. The molecule has 2 aromatic rings. The highest BCUT2D eigenvalue weighted by atomic mass is 16.5. The summed E-state index contributed by atoms with van der Waals surface area (Å²) in [5.41, 5.74) is 2.33. The summed E-state index contributed by atoms with van der Waals surface area (Å²) in [4.78, 5) is 30.7. The molecule has 2 aromatic carbocycles. The number of rotatable bonds is 13. The standard InChI is InChI=1S/C32H42N2O6/c1-4-6-7-19-40-26-14-13-25(22-27(26)39-5-2)29-28(30(35)24-11-9-23(3)10-12-24)31(36)32(37)34(29)16-8-15-33-17-20-38-21-18-33/h9-14,22,29,35H,4-8,15-21H2,1-3H3. The van der Waals surface area contributed by atoms with Gasteiger partial charge >= 0.3 is 0 Å². The molecule has 40 heavy (non-hydrogen) atoms. The van der Waals surface area contributed by atoms with Gasteiger partial charge in [-0.25, -0.2) is 0 Å². The molecule has 216 valence electrons. The number of Topliss-reactive ketones (excluding diaryl/α,β-unsaturated/α-hetero) is 1. The molecule has 0 spiro atoms. The lowest BCUT2D eigenvalue weighted by atomic mass is 9.94. The predicted molar refractivity (Wildman–Crippen MR) is 155 cm³/mol. The number of benzene rings is 2. The fraction of sp³-hybridized carbons (Fsp3) is 0.500.